The van der Waals surface area contributed by atoms with Crippen molar-refractivity contribution in [2.75, 3.05) is 19.6 Å². The van der Waals surface area contributed by atoms with Gasteiger partial charge in [0.1, 0.15) is 0 Å². The van der Waals surface area contributed by atoms with E-state index < -0.39 is 20.0 Å². The Bertz CT molecular complexity index is 6940. The molecule has 6 nitrogen and oxygen atoms in total. The van der Waals surface area contributed by atoms with Gasteiger partial charge in [-0.25, -0.2) is 0 Å². The molecule has 582 valence electrons. The van der Waals surface area contributed by atoms with Crippen molar-refractivity contribution in [3.8, 4) is 55.9 Å². The first-order valence-corrected chi connectivity index (χ1v) is 49.4. The van der Waals surface area contributed by atoms with E-state index in [1.807, 2.05) is 48.5 Å². The molecule has 2 aliphatic rings. The summed E-state index contributed by atoms with van der Waals surface area (Å²) in [6, 6.07) is 127. The Morgan fingerprint density at radius 1 is 0.289 bits per heavy atom. The van der Waals surface area contributed by atoms with Crippen molar-refractivity contribution in [2.24, 2.45) is 0 Å². The van der Waals surface area contributed by atoms with Crippen LogP contribution in [0.5, 0.6) is 0 Å². The molecule has 2 aromatic heterocycles. The van der Waals surface area contributed by atoms with Gasteiger partial charge in [-0.15, -0.1) is 0 Å². The van der Waals surface area contributed by atoms with Crippen LogP contribution in [-0.2, 0) is 10.8 Å². The van der Waals surface area contributed by atoms with Crippen LogP contribution in [0, 0.1) is 0 Å². The summed E-state index contributed by atoms with van der Waals surface area (Å²) >= 11 is -3.38. The summed E-state index contributed by atoms with van der Waals surface area (Å²) in [4.78, 5) is 9.15. The van der Waals surface area contributed by atoms with E-state index in [9.17, 15) is 8.22 Å². The van der Waals surface area contributed by atoms with Crippen LogP contribution in [0.3, 0.4) is 0 Å². The zero-order chi connectivity index (χ0) is 87.2. The number of rotatable bonds is 15. The summed E-state index contributed by atoms with van der Waals surface area (Å²) in [5.41, 5.74) is 23.0. The van der Waals surface area contributed by atoms with E-state index in [0.29, 0.717) is 22.3 Å². The third-order valence-electron chi connectivity index (χ3n) is 24.5. The van der Waals surface area contributed by atoms with Crippen LogP contribution in [0.1, 0.15) is 60.9 Å². The predicted octanol–water partition coefficient (Wildman–Crippen LogP) is 28.7. The van der Waals surface area contributed by atoms with Crippen LogP contribution >= 0.6 is 0 Å². The number of fused-ring (bicyclic) bond motifs is 10. The number of benzene rings is 17. The molecule has 0 atom stereocenters. The van der Waals surface area contributed by atoms with E-state index in [2.05, 4.69) is 403 Å². The van der Waals surface area contributed by atoms with Crippen molar-refractivity contribution >= 4 is 153 Å². The minimum atomic E-state index is -3.38. The number of aromatic nitrogens is 2. The Hall–Kier alpha value is -13.9. The van der Waals surface area contributed by atoms with E-state index in [1.54, 1.807) is 0 Å². The van der Waals surface area contributed by atoms with Crippen LogP contribution in [-0.4, -0.2) is 29.1 Å². The molecule has 0 unspecified atom stereocenters. The predicted molar refractivity (Wildman–Crippen MR) is 521 cm³/mol. The van der Waals surface area contributed by atoms with Gasteiger partial charge in [0.2, 0.25) is 0 Å². The van der Waals surface area contributed by atoms with E-state index >= 15 is 0 Å². The van der Waals surface area contributed by atoms with Gasteiger partial charge < -0.3 is 9.80 Å². The zero-order valence-corrected chi connectivity index (χ0v) is 71.5. The average Bonchev–Trinajstić information content (AvgIpc) is 1.25. The van der Waals surface area contributed by atoms with Crippen molar-refractivity contribution in [1.82, 2.24) is 9.13 Å². The quantitative estimate of drug-likeness (QED) is 0.0954. The number of para-hydroxylation sites is 6. The normalized spacial score (nSPS) is 13.3. The van der Waals surface area contributed by atoms with Crippen molar-refractivity contribution in [3.05, 3.63) is 411 Å². The molecule has 2 aliphatic heterocycles. The Kier molecular flexibility index (Phi) is 16.7. The SMILES string of the molecule is [2H]c1c([2H])c(-n2c3ccccc3c3cc(N(c4ccccc4)c4ccccc4)ccc32)c([2H])c2c1B1c3c(c[c]([Ge]([CH3])([CH3])[CH3])cc3N(c3c(-c4ccccc4)cc(C(C)(C)C)cc3-c3ccccc3)c3c([2H])c(-n4c5ccccc5c5cc(N(c6ccccc6)c6ccccc6)ccc54)c([2H])c([2H])c31)N2c1c(-c2ccccc2)cc(C(C)(C)C)cc1-c1ccccc1. The molecule has 0 fully saturated rings. The summed E-state index contributed by atoms with van der Waals surface area (Å²) in [6.07, 6.45) is 0. The van der Waals surface area contributed by atoms with Gasteiger partial charge in [0, 0.05) is 22.7 Å². The fourth-order valence-electron chi connectivity index (χ4n) is 18.5. The zero-order valence-electron chi connectivity index (χ0n) is 75.4. The van der Waals surface area contributed by atoms with Crippen molar-refractivity contribution in [1.29, 1.82) is 0 Å². The van der Waals surface area contributed by atoms with Crippen LogP contribution in [0.25, 0.3) is 99.5 Å². The van der Waals surface area contributed by atoms with E-state index in [1.165, 1.54) is 0 Å². The van der Waals surface area contributed by atoms with Crippen LogP contribution in [0.15, 0.2) is 400 Å². The topological polar surface area (TPSA) is 22.8 Å². The fraction of sp³-hybridized carbons (Fsp3) is 0.0973. The van der Waals surface area contributed by atoms with Gasteiger partial charge in [-0.05, 0) is 48.5 Å². The molecule has 0 N–H and O–H groups in total. The second-order valence-electron chi connectivity index (χ2n) is 35.2. The summed E-state index contributed by atoms with van der Waals surface area (Å²) in [5.74, 6) is 7.30. The first kappa shape index (κ1) is 68.1. The number of hydrogen-bond donors (Lipinski definition) is 0. The Balaban J connectivity index is 0.944. The molecule has 0 spiro atoms. The molecule has 8 heteroatoms. The molecule has 0 aliphatic carbocycles. The maximum atomic E-state index is 12.1. The number of anilines is 12. The molecule has 0 saturated heterocycles. The standard InChI is InChI=1S/C113H93BGeN6/c1-112(2,3)80-66-93(76-38-18-10-19-39-76)110(94(67-80)77-40-20-11-21-41-77)120-105-74-89(118-101-56-36-34-54-91(101)97-72-87(60-64-103(97)118)116(83-46-26-14-27-47-83)84-48-28-15-29-49-84)58-62-99(105)114-100-63-59-90(119-102-57-37-35-55-92(102)98-73-88(61-65-104(98)119)117(85-50-30-16-31-51-85)86-52-32-17-33-53-86)75-106(100)121(108-71-82(115(7,8)9)70-107(120)109(108)114)111-95(78-42-22-12-23-43-78)68-81(113(4,5)6)69-96(111)79-44-24-13-25-45-79/h10-75H,1-9H3/i58D,59D,62D,63D,74D,75D. The Morgan fingerprint density at radius 2 is 0.579 bits per heavy atom. The molecule has 17 aromatic carbocycles. The maximum absolute atomic E-state index is 12.1. The van der Waals surface area contributed by atoms with E-state index in [0.717, 1.165) is 166 Å². The molecular weight excluding hydrogens is 1520 g/mol. The molecular formula is C113H93BGeN6. The minimum absolute atomic E-state index is 0.00620. The molecule has 4 heterocycles. The van der Waals surface area contributed by atoms with Gasteiger partial charge >= 0.3 is 573 Å². The average molecular weight is 1620 g/mol. The molecule has 0 bridgehead atoms. The molecule has 19 aromatic rings. The summed E-state index contributed by atoms with van der Waals surface area (Å²) in [6.45, 7) is 12.4. The van der Waals surface area contributed by atoms with Gasteiger partial charge in [0.05, 0.1) is 0 Å². The van der Waals surface area contributed by atoms with Crippen molar-refractivity contribution in [2.45, 2.75) is 69.6 Å². The van der Waals surface area contributed by atoms with Gasteiger partial charge in [-0.2, -0.15) is 0 Å². The second kappa shape index (κ2) is 29.6. The first-order chi connectivity index (χ1) is 61.5. The number of hydrogen-bond acceptors (Lipinski definition) is 4. The first-order valence-electron chi connectivity index (χ1n) is 45.0. The van der Waals surface area contributed by atoms with Crippen LogP contribution in [0.4, 0.5) is 68.2 Å². The van der Waals surface area contributed by atoms with Crippen LogP contribution in [0.2, 0.25) is 17.3 Å². The third-order valence-corrected chi connectivity index (χ3v) is 28.7. The van der Waals surface area contributed by atoms with Crippen molar-refractivity contribution < 1.29 is 8.22 Å². The van der Waals surface area contributed by atoms with Gasteiger partial charge in [0.25, 0.3) is 0 Å². The second-order valence-corrected chi connectivity index (χ2v) is 45.8. The third kappa shape index (κ3) is 13.0. The van der Waals surface area contributed by atoms with Gasteiger partial charge in [-0.1, -0.05) is 72.8 Å². The summed E-state index contributed by atoms with van der Waals surface area (Å²) in [7, 11) is 0. The van der Waals surface area contributed by atoms with Gasteiger partial charge in [-0.3, -0.25) is 0 Å². The molecule has 0 amide bonds. The summed E-state index contributed by atoms with van der Waals surface area (Å²) in [5, 5.41) is 3.59. The van der Waals surface area contributed by atoms with Crippen LogP contribution < -0.4 is 40.4 Å². The molecule has 0 saturated carbocycles. The van der Waals surface area contributed by atoms with Gasteiger partial charge in [0.15, 0.2) is 0 Å². The summed E-state index contributed by atoms with van der Waals surface area (Å²) < 4.78 is 75.6. The number of nitrogens with zero attached hydrogens (tertiary/aromatic N) is 6. The molecule has 21 rings (SSSR count). The monoisotopic (exact) mass is 1620 g/mol. The van der Waals surface area contributed by atoms with E-state index in [4.69, 9.17) is 0 Å². The Labute approximate surface area is 721 Å². The Morgan fingerprint density at radius 3 is 0.884 bits per heavy atom. The van der Waals surface area contributed by atoms with E-state index in [-0.39, 0.29) is 58.5 Å². The van der Waals surface area contributed by atoms with Crippen molar-refractivity contribution in [3.63, 3.8) is 0 Å². The molecule has 121 heavy (non-hydrogen) atoms. The fourth-order valence-corrected chi connectivity index (χ4v) is 20.9. The molecule has 0 radical (unpaired) electrons.